The second kappa shape index (κ2) is 9.60. The topological polar surface area (TPSA) is 66.5 Å². The van der Waals surface area contributed by atoms with Crippen LogP contribution in [0.4, 0.5) is 10.1 Å². The zero-order valence-corrected chi connectivity index (χ0v) is 16.9. The van der Waals surface area contributed by atoms with Crippen molar-refractivity contribution in [3.63, 3.8) is 0 Å². The molecule has 0 radical (unpaired) electrons. The molecule has 5 nitrogen and oxygen atoms in total. The predicted octanol–water partition coefficient (Wildman–Crippen LogP) is 3.16. The van der Waals surface area contributed by atoms with Crippen LogP contribution in [-0.2, 0) is 14.8 Å². The van der Waals surface area contributed by atoms with Crippen LogP contribution in [0.3, 0.4) is 0 Å². The maximum Gasteiger partial charge on any atom is 0.243 e. The van der Waals surface area contributed by atoms with E-state index in [0.29, 0.717) is 11.8 Å². The van der Waals surface area contributed by atoms with Crippen LogP contribution >= 0.6 is 11.8 Å². The van der Waals surface area contributed by atoms with Gasteiger partial charge in [0.1, 0.15) is 11.9 Å². The van der Waals surface area contributed by atoms with Crippen LogP contribution in [0.15, 0.2) is 24.3 Å². The normalized spacial score (nSPS) is 16.9. The first-order valence-corrected chi connectivity index (χ1v) is 11.8. The molecule has 1 aromatic carbocycles. The number of benzene rings is 1. The maximum atomic E-state index is 13.5. The molecule has 146 valence electrons. The maximum absolute atomic E-state index is 13.5. The molecule has 1 fully saturated rings. The van der Waals surface area contributed by atoms with Gasteiger partial charge in [-0.1, -0.05) is 25.3 Å². The van der Waals surface area contributed by atoms with Crippen molar-refractivity contribution in [2.75, 3.05) is 22.9 Å². The number of carbonyl (C=O) groups is 1. The molecule has 0 bridgehead atoms. The second-order valence-electron chi connectivity index (χ2n) is 6.64. The van der Waals surface area contributed by atoms with Gasteiger partial charge in [0, 0.05) is 17.5 Å². The fourth-order valence-corrected chi connectivity index (χ4v) is 5.59. The van der Waals surface area contributed by atoms with Crippen molar-refractivity contribution in [3.8, 4) is 0 Å². The number of sulfonamides is 1. The average Bonchev–Trinajstić information content (AvgIpc) is 2.58. The molecule has 1 aromatic rings. The van der Waals surface area contributed by atoms with E-state index in [1.165, 1.54) is 57.2 Å². The minimum absolute atomic E-state index is 0.145. The Bertz CT molecular complexity index is 706. The molecule has 2 rings (SSSR count). The molecule has 1 amide bonds. The van der Waals surface area contributed by atoms with Gasteiger partial charge in [-0.25, -0.2) is 12.8 Å². The van der Waals surface area contributed by atoms with E-state index in [2.05, 4.69) is 5.32 Å². The fraction of sp³-hybridized carbons (Fsp3) is 0.611. The number of rotatable bonds is 8. The van der Waals surface area contributed by atoms with Gasteiger partial charge in [-0.05, 0) is 38.0 Å². The highest BCUT2D eigenvalue weighted by Gasteiger charge is 2.29. The summed E-state index contributed by atoms with van der Waals surface area (Å²) in [6, 6.07) is 4.30. The summed E-state index contributed by atoms with van der Waals surface area (Å²) in [5, 5.41) is 3.46. The van der Waals surface area contributed by atoms with Crippen LogP contribution in [0.1, 0.15) is 39.0 Å². The van der Waals surface area contributed by atoms with E-state index in [0.717, 1.165) is 22.4 Å². The van der Waals surface area contributed by atoms with Gasteiger partial charge in [-0.3, -0.25) is 9.10 Å². The molecule has 0 spiro atoms. The number of anilines is 1. The number of hydrogen-bond donors (Lipinski definition) is 1. The number of carbonyl (C=O) groups excluding carboxylic acids is 1. The zero-order chi connectivity index (χ0) is 19.2. The monoisotopic (exact) mass is 402 g/mol. The van der Waals surface area contributed by atoms with E-state index in [9.17, 15) is 17.6 Å². The molecule has 0 heterocycles. The van der Waals surface area contributed by atoms with Crippen molar-refractivity contribution in [1.29, 1.82) is 0 Å². The van der Waals surface area contributed by atoms with Crippen LogP contribution in [0.25, 0.3) is 0 Å². The SMILES string of the molecule is C[C@@H](C(=O)NCCSC1CCCCC1)N(c1cccc(F)c1)S(C)(=O)=O. The Morgan fingerprint density at radius 2 is 2.04 bits per heavy atom. The van der Waals surface area contributed by atoms with Gasteiger partial charge in [0.15, 0.2) is 0 Å². The minimum atomic E-state index is -3.73. The van der Waals surface area contributed by atoms with Gasteiger partial charge in [-0.2, -0.15) is 11.8 Å². The first-order chi connectivity index (χ1) is 12.3. The Labute approximate surface area is 159 Å². The van der Waals surface area contributed by atoms with Crippen molar-refractivity contribution < 1.29 is 17.6 Å². The van der Waals surface area contributed by atoms with Gasteiger partial charge >= 0.3 is 0 Å². The number of thioether (sulfide) groups is 1. The zero-order valence-electron chi connectivity index (χ0n) is 15.3. The summed E-state index contributed by atoms with van der Waals surface area (Å²) in [6.45, 7) is 2.00. The molecular formula is C18H27FN2O3S2. The number of hydrogen-bond acceptors (Lipinski definition) is 4. The van der Waals surface area contributed by atoms with Crippen molar-refractivity contribution in [3.05, 3.63) is 30.1 Å². The van der Waals surface area contributed by atoms with Gasteiger partial charge in [-0.15, -0.1) is 0 Å². The molecule has 1 N–H and O–H groups in total. The third kappa shape index (κ3) is 6.16. The number of nitrogens with one attached hydrogen (secondary N) is 1. The van der Waals surface area contributed by atoms with Gasteiger partial charge < -0.3 is 5.32 Å². The first-order valence-electron chi connectivity index (χ1n) is 8.93. The van der Waals surface area contributed by atoms with Crippen LogP contribution in [0.2, 0.25) is 0 Å². The van der Waals surface area contributed by atoms with Crippen LogP contribution in [-0.4, -0.2) is 44.2 Å². The Balaban J connectivity index is 1.92. The summed E-state index contributed by atoms with van der Waals surface area (Å²) in [7, 11) is -3.73. The minimum Gasteiger partial charge on any atom is -0.353 e. The number of amides is 1. The predicted molar refractivity (Wildman–Crippen MR) is 106 cm³/mol. The standard InChI is InChI=1S/C18H27FN2O3S2/c1-14(18(22)20-11-12-25-17-9-4-3-5-10-17)21(26(2,23)24)16-8-6-7-15(19)13-16/h6-8,13-14,17H,3-5,9-12H2,1-2H3,(H,20,22)/t14-/m0/s1. The second-order valence-corrected chi connectivity index (χ2v) is 9.90. The lowest BCUT2D eigenvalue weighted by Crippen LogP contribution is -2.48. The number of nitrogens with zero attached hydrogens (tertiary/aromatic N) is 1. The molecule has 0 unspecified atom stereocenters. The number of halogens is 1. The molecule has 8 heteroatoms. The third-order valence-electron chi connectivity index (χ3n) is 4.46. The molecule has 0 aliphatic heterocycles. The molecule has 0 saturated heterocycles. The van der Waals surface area contributed by atoms with E-state index >= 15 is 0 Å². The molecular weight excluding hydrogens is 375 g/mol. The summed E-state index contributed by atoms with van der Waals surface area (Å²) in [6.07, 6.45) is 7.34. The van der Waals surface area contributed by atoms with Crippen LogP contribution in [0.5, 0.6) is 0 Å². The smallest absolute Gasteiger partial charge is 0.243 e. The van der Waals surface area contributed by atoms with Crippen molar-refractivity contribution >= 4 is 33.4 Å². The van der Waals surface area contributed by atoms with Crippen LogP contribution in [0, 0.1) is 5.82 Å². The van der Waals surface area contributed by atoms with Crippen molar-refractivity contribution in [2.45, 2.75) is 50.3 Å². The lowest BCUT2D eigenvalue weighted by molar-refractivity contribution is -0.121. The molecule has 1 aliphatic carbocycles. The van der Waals surface area contributed by atoms with Gasteiger partial charge in [0.25, 0.3) is 0 Å². The first kappa shape index (κ1) is 21.0. The summed E-state index contributed by atoms with van der Waals surface area (Å²) in [5.41, 5.74) is 0.145. The van der Waals surface area contributed by atoms with Gasteiger partial charge in [0.2, 0.25) is 15.9 Å². The largest absolute Gasteiger partial charge is 0.353 e. The molecule has 26 heavy (non-hydrogen) atoms. The van der Waals surface area contributed by atoms with Gasteiger partial charge in [0.05, 0.1) is 11.9 Å². The molecule has 1 saturated carbocycles. The van der Waals surface area contributed by atoms with E-state index in [4.69, 9.17) is 0 Å². The summed E-state index contributed by atoms with van der Waals surface area (Å²) >= 11 is 1.87. The summed E-state index contributed by atoms with van der Waals surface area (Å²) in [4.78, 5) is 12.4. The fourth-order valence-electron chi connectivity index (χ4n) is 3.20. The van der Waals surface area contributed by atoms with Crippen molar-refractivity contribution in [2.24, 2.45) is 0 Å². The quantitative estimate of drug-likeness (QED) is 0.679. The van der Waals surface area contributed by atoms with E-state index in [1.54, 1.807) is 0 Å². The highest BCUT2D eigenvalue weighted by atomic mass is 32.2. The summed E-state index contributed by atoms with van der Waals surface area (Å²) in [5.74, 6) is -0.126. The van der Waals surface area contributed by atoms with E-state index in [-0.39, 0.29) is 11.6 Å². The van der Waals surface area contributed by atoms with Crippen molar-refractivity contribution in [1.82, 2.24) is 5.32 Å². The Hall–Kier alpha value is -1.28. The lowest BCUT2D eigenvalue weighted by Gasteiger charge is -2.28. The van der Waals surface area contributed by atoms with Crippen LogP contribution < -0.4 is 9.62 Å². The molecule has 0 aromatic heterocycles. The summed E-state index contributed by atoms with van der Waals surface area (Å²) < 4.78 is 38.7. The lowest BCUT2D eigenvalue weighted by atomic mass is 10.0. The Kier molecular flexibility index (Phi) is 7.76. The highest BCUT2D eigenvalue weighted by molar-refractivity contribution is 7.99. The van der Waals surface area contributed by atoms with E-state index < -0.39 is 21.9 Å². The average molecular weight is 403 g/mol. The Morgan fingerprint density at radius 1 is 1.35 bits per heavy atom. The Morgan fingerprint density at radius 3 is 2.65 bits per heavy atom. The third-order valence-corrected chi connectivity index (χ3v) is 7.08. The highest BCUT2D eigenvalue weighted by Crippen LogP contribution is 2.27. The molecule has 1 atom stereocenters. The van der Waals surface area contributed by atoms with E-state index in [1.807, 2.05) is 11.8 Å². The molecule has 1 aliphatic rings.